The van der Waals surface area contributed by atoms with Gasteiger partial charge in [0, 0.05) is 11.1 Å². The number of rotatable bonds is 9. The number of benzene rings is 1. The van der Waals surface area contributed by atoms with Gasteiger partial charge in [0.05, 0.1) is 5.02 Å². The third kappa shape index (κ3) is 6.05. The zero-order chi connectivity index (χ0) is 16.8. The van der Waals surface area contributed by atoms with Gasteiger partial charge in [0.25, 0.3) is 0 Å². The van der Waals surface area contributed by atoms with Gasteiger partial charge in [0.2, 0.25) is 10.0 Å². The van der Waals surface area contributed by atoms with E-state index < -0.39 is 10.0 Å². The predicted molar refractivity (Wildman–Crippen MR) is 93.3 cm³/mol. The molecule has 0 aliphatic carbocycles. The van der Waals surface area contributed by atoms with E-state index in [1.54, 1.807) is 6.07 Å². The molecule has 0 aliphatic heterocycles. The monoisotopic (exact) mass is 366 g/mol. The molecule has 0 saturated heterocycles. The maximum absolute atomic E-state index is 12.4. The summed E-state index contributed by atoms with van der Waals surface area (Å²) in [5, 5.41) is 0.520. The van der Waals surface area contributed by atoms with Crippen LogP contribution in [0.3, 0.4) is 0 Å². The Bertz CT molecular complexity index is 575. The van der Waals surface area contributed by atoms with Crippen LogP contribution in [0.1, 0.15) is 33.6 Å². The van der Waals surface area contributed by atoms with Crippen molar-refractivity contribution >= 4 is 33.2 Å². The molecule has 0 fully saturated rings. The molecule has 1 atom stereocenters. The van der Waals surface area contributed by atoms with E-state index in [-0.39, 0.29) is 16.0 Å². The zero-order valence-corrected chi connectivity index (χ0v) is 15.6. The molecule has 7 heteroatoms. The fourth-order valence-corrected chi connectivity index (χ4v) is 4.27. The first-order valence-electron chi connectivity index (χ1n) is 7.49. The summed E-state index contributed by atoms with van der Waals surface area (Å²) in [7, 11) is -3.65. The summed E-state index contributed by atoms with van der Waals surface area (Å²) in [5.41, 5.74) is 0. The summed E-state index contributed by atoms with van der Waals surface area (Å²) in [6.45, 7) is 9.09. The number of sulfonamides is 1. The molecule has 126 valence electrons. The molecule has 1 N–H and O–H groups in total. The van der Waals surface area contributed by atoms with Gasteiger partial charge in [0.15, 0.2) is 0 Å². The molecule has 1 aromatic rings. The van der Waals surface area contributed by atoms with Crippen LogP contribution in [-0.4, -0.2) is 39.0 Å². The molecule has 1 rings (SSSR count). The minimum Gasteiger partial charge on any atom is -0.304 e. The molecule has 22 heavy (non-hydrogen) atoms. The van der Waals surface area contributed by atoms with E-state index in [0.717, 1.165) is 32.5 Å². The number of nitrogens with one attached hydrogen (secondary N) is 1. The molecular weight excluding hydrogens is 343 g/mol. The first kappa shape index (κ1) is 19.7. The van der Waals surface area contributed by atoms with Crippen LogP contribution in [0.2, 0.25) is 10.0 Å². The molecule has 0 bridgehead atoms. The Morgan fingerprint density at radius 1 is 1.23 bits per heavy atom. The van der Waals surface area contributed by atoms with E-state index in [4.69, 9.17) is 23.2 Å². The highest BCUT2D eigenvalue weighted by Gasteiger charge is 2.20. The molecule has 0 amide bonds. The summed E-state index contributed by atoms with van der Waals surface area (Å²) in [4.78, 5) is 2.34. The fraction of sp³-hybridized carbons (Fsp3) is 0.600. The maximum atomic E-state index is 12.4. The summed E-state index contributed by atoms with van der Waals surface area (Å²) in [6.07, 6.45) is 1.71. The molecule has 0 heterocycles. The largest absolute Gasteiger partial charge is 0.304 e. The van der Waals surface area contributed by atoms with E-state index in [1.807, 2.05) is 6.92 Å². The van der Waals surface area contributed by atoms with Crippen molar-refractivity contribution in [2.75, 3.05) is 19.6 Å². The number of halogens is 2. The van der Waals surface area contributed by atoms with Crippen molar-refractivity contribution in [3.63, 3.8) is 0 Å². The molecule has 0 spiro atoms. The van der Waals surface area contributed by atoms with Gasteiger partial charge in [-0.3, -0.25) is 0 Å². The normalized spacial score (nSPS) is 13.5. The number of hydrogen-bond donors (Lipinski definition) is 1. The van der Waals surface area contributed by atoms with Gasteiger partial charge in [-0.15, -0.1) is 0 Å². The molecule has 4 nitrogen and oxygen atoms in total. The summed E-state index contributed by atoms with van der Waals surface area (Å²) >= 11 is 11.8. The molecular formula is C15H24Cl2N2O2S. The van der Waals surface area contributed by atoms with Crippen molar-refractivity contribution in [3.8, 4) is 0 Å². The Kier molecular flexibility index (Phi) is 8.14. The van der Waals surface area contributed by atoms with Crippen LogP contribution >= 0.6 is 23.2 Å². The van der Waals surface area contributed by atoms with Gasteiger partial charge >= 0.3 is 0 Å². The topological polar surface area (TPSA) is 49.4 Å². The predicted octanol–water partition coefficient (Wildman–Crippen LogP) is 3.78. The van der Waals surface area contributed by atoms with Crippen LogP contribution in [0.5, 0.6) is 0 Å². The Balaban J connectivity index is 2.62. The van der Waals surface area contributed by atoms with Crippen molar-refractivity contribution < 1.29 is 8.42 Å². The quantitative estimate of drug-likeness (QED) is 0.723. The summed E-state index contributed by atoms with van der Waals surface area (Å²) in [6, 6.07) is 4.27. The van der Waals surface area contributed by atoms with Gasteiger partial charge < -0.3 is 4.90 Å². The van der Waals surface area contributed by atoms with Crippen LogP contribution in [0, 0.1) is 0 Å². The van der Waals surface area contributed by atoms with E-state index in [2.05, 4.69) is 23.5 Å². The lowest BCUT2D eigenvalue weighted by molar-refractivity contribution is 0.293. The molecule has 1 aromatic carbocycles. The average molecular weight is 367 g/mol. The van der Waals surface area contributed by atoms with E-state index in [9.17, 15) is 8.42 Å². The summed E-state index contributed by atoms with van der Waals surface area (Å²) < 4.78 is 27.4. The molecule has 0 radical (unpaired) electrons. The Morgan fingerprint density at radius 2 is 1.86 bits per heavy atom. The summed E-state index contributed by atoms with van der Waals surface area (Å²) in [5.74, 6) is 0. The average Bonchev–Trinajstić information content (AvgIpc) is 2.45. The molecule has 0 aromatic heterocycles. The number of nitrogens with zero attached hydrogens (tertiary/aromatic N) is 1. The fourth-order valence-electron chi connectivity index (χ4n) is 2.23. The van der Waals surface area contributed by atoms with Crippen LogP contribution < -0.4 is 4.72 Å². The van der Waals surface area contributed by atoms with Gasteiger partial charge in [0.1, 0.15) is 4.90 Å². The van der Waals surface area contributed by atoms with Gasteiger partial charge in [-0.25, -0.2) is 13.1 Å². The smallest absolute Gasteiger partial charge is 0.242 e. The van der Waals surface area contributed by atoms with Gasteiger partial charge in [-0.1, -0.05) is 37.0 Å². The highest BCUT2D eigenvalue weighted by molar-refractivity contribution is 7.89. The molecule has 0 saturated carbocycles. The SMILES string of the molecule is CCN(CC)CCC[C@H](C)NS(=O)(=O)c1cc(Cl)ccc1Cl. The third-order valence-corrected chi connectivity index (χ3v) is 5.85. The Hall–Kier alpha value is -0.330. The van der Waals surface area contributed by atoms with E-state index in [0.29, 0.717) is 5.02 Å². The lowest BCUT2D eigenvalue weighted by Gasteiger charge is -2.20. The van der Waals surface area contributed by atoms with Crippen molar-refractivity contribution in [2.45, 2.75) is 44.6 Å². The standard InChI is InChI=1S/C15H24Cl2N2O2S/c1-4-19(5-2)10-6-7-12(3)18-22(20,21)15-11-13(16)8-9-14(15)17/h8-9,11-12,18H,4-7,10H2,1-3H3/t12-/m0/s1. The maximum Gasteiger partial charge on any atom is 0.242 e. The van der Waals surface area contributed by atoms with E-state index in [1.165, 1.54) is 12.1 Å². The highest BCUT2D eigenvalue weighted by atomic mass is 35.5. The van der Waals surface area contributed by atoms with Crippen molar-refractivity contribution in [1.29, 1.82) is 0 Å². The molecule has 0 aliphatic rings. The second-order valence-electron chi connectivity index (χ2n) is 5.27. The van der Waals surface area contributed by atoms with Gasteiger partial charge in [-0.2, -0.15) is 0 Å². The van der Waals surface area contributed by atoms with Gasteiger partial charge in [-0.05, 0) is 57.6 Å². The van der Waals surface area contributed by atoms with Crippen molar-refractivity contribution in [3.05, 3.63) is 28.2 Å². The van der Waals surface area contributed by atoms with Crippen LogP contribution in [0.4, 0.5) is 0 Å². The van der Waals surface area contributed by atoms with Crippen LogP contribution in [0.25, 0.3) is 0 Å². The second-order valence-corrected chi connectivity index (χ2v) is 7.79. The lowest BCUT2D eigenvalue weighted by atomic mass is 10.2. The van der Waals surface area contributed by atoms with E-state index >= 15 is 0 Å². The first-order chi connectivity index (χ1) is 10.3. The Morgan fingerprint density at radius 3 is 2.45 bits per heavy atom. The van der Waals surface area contributed by atoms with Crippen molar-refractivity contribution in [1.82, 2.24) is 9.62 Å². The molecule has 0 unspecified atom stereocenters. The number of hydrogen-bond acceptors (Lipinski definition) is 3. The minimum absolute atomic E-state index is 0.0252. The van der Waals surface area contributed by atoms with Crippen LogP contribution in [-0.2, 0) is 10.0 Å². The first-order valence-corrected chi connectivity index (χ1v) is 9.73. The minimum atomic E-state index is -3.65. The van der Waals surface area contributed by atoms with Crippen LogP contribution in [0.15, 0.2) is 23.1 Å². The lowest BCUT2D eigenvalue weighted by Crippen LogP contribution is -2.33. The highest BCUT2D eigenvalue weighted by Crippen LogP contribution is 2.25. The van der Waals surface area contributed by atoms with Crippen molar-refractivity contribution in [2.24, 2.45) is 0 Å². The third-order valence-electron chi connectivity index (χ3n) is 3.55. The second kappa shape index (κ2) is 9.08. The zero-order valence-electron chi connectivity index (χ0n) is 13.3. The Labute approximate surface area is 143 Å².